The van der Waals surface area contributed by atoms with Gasteiger partial charge in [-0.25, -0.2) is 0 Å². The van der Waals surface area contributed by atoms with Crippen LogP contribution >= 0.6 is 0 Å². The van der Waals surface area contributed by atoms with Gasteiger partial charge in [0, 0.05) is 29.3 Å². The van der Waals surface area contributed by atoms with Crippen LogP contribution in [0.2, 0.25) is 0 Å². The topological polar surface area (TPSA) is 95.6 Å². The fraction of sp³-hybridized carbons (Fsp3) is 0.571. The number of carbonyl (C=O) groups excluding carboxylic acids is 4. The van der Waals surface area contributed by atoms with E-state index in [0.717, 1.165) is 25.7 Å². The zero-order valence-electron chi connectivity index (χ0n) is 21.8. The molecule has 7 nitrogen and oxygen atoms in total. The minimum atomic E-state index is -0.363. The maximum atomic E-state index is 13.4. The Kier molecular flexibility index (Phi) is 10.7. The van der Waals surface area contributed by atoms with Crippen molar-refractivity contribution in [2.75, 3.05) is 0 Å². The number of nitrogens with one attached hydrogen (secondary N) is 2. The van der Waals surface area contributed by atoms with Crippen LogP contribution in [0.25, 0.3) is 0 Å². The van der Waals surface area contributed by atoms with Crippen molar-refractivity contribution in [2.24, 2.45) is 11.8 Å². The molecule has 7 heteroatoms. The number of allylic oxidation sites excluding steroid dienone is 2. The van der Waals surface area contributed by atoms with Crippen LogP contribution in [0, 0.1) is 11.8 Å². The second kappa shape index (κ2) is 13.2. The Balaban J connectivity index is 2.15. The van der Waals surface area contributed by atoms with Gasteiger partial charge in [0.15, 0.2) is 0 Å². The van der Waals surface area contributed by atoms with E-state index < -0.39 is 0 Å². The van der Waals surface area contributed by atoms with E-state index in [4.69, 9.17) is 0 Å². The predicted molar refractivity (Wildman–Crippen MR) is 138 cm³/mol. The van der Waals surface area contributed by atoms with E-state index in [2.05, 4.69) is 31.1 Å². The van der Waals surface area contributed by atoms with Gasteiger partial charge in [0.05, 0.1) is 12.1 Å². The van der Waals surface area contributed by atoms with Crippen molar-refractivity contribution in [1.29, 1.82) is 0 Å². The fourth-order valence-corrected chi connectivity index (χ4v) is 5.29. The summed E-state index contributed by atoms with van der Waals surface area (Å²) in [6.07, 6.45) is 12.4. The van der Waals surface area contributed by atoms with Crippen LogP contribution in [0.5, 0.6) is 0 Å². The van der Waals surface area contributed by atoms with Crippen LogP contribution in [-0.4, -0.2) is 46.7 Å². The van der Waals surface area contributed by atoms with E-state index in [-0.39, 0.29) is 47.7 Å². The molecule has 0 aromatic carbocycles. The summed E-state index contributed by atoms with van der Waals surface area (Å²) in [7, 11) is 0. The number of imide groups is 1. The third kappa shape index (κ3) is 7.03. The number of nitrogens with zero attached hydrogens (tertiary/aromatic N) is 1. The standard InChI is InChI=1S/C28H41N3O4/c1-7-11-13-18(5)27(34)29-19(6)16-21(12-8-2)28(35)30-23-17-20(9-3)22(10-4)26(23)31-24(32)14-15-25(31)33/h11-15,19-20,22-23,26H,5,7-10,16-17H2,1-4,6H3,(H,29,34)(H,30,35)/b13-11-,21-12+/t19?,20?,22?,23?,26-/m1/s1. The van der Waals surface area contributed by atoms with E-state index in [1.807, 2.05) is 32.9 Å². The molecular formula is C28H41N3O4. The van der Waals surface area contributed by atoms with Crippen molar-refractivity contribution in [1.82, 2.24) is 15.5 Å². The number of hydrogen-bond acceptors (Lipinski definition) is 4. The minimum Gasteiger partial charge on any atom is -0.349 e. The highest BCUT2D eigenvalue weighted by atomic mass is 16.2. The molecule has 5 atom stereocenters. The molecule has 1 heterocycles. The summed E-state index contributed by atoms with van der Waals surface area (Å²) < 4.78 is 0. The number of carbonyl (C=O) groups is 4. The molecule has 0 aromatic heterocycles. The molecule has 2 aliphatic rings. The van der Waals surface area contributed by atoms with Gasteiger partial charge in [-0.3, -0.25) is 24.1 Å². The van der Waals surface area contributed by atoms with Crippen molar-refractivity contribution in [3.63, 3.8) is 0 Å². The molecule has 1 aliphatic heterocycles. The average molecular weight is 484 g/mol. The van der Waals surface area contributed by atoms with Gasteiger partial charge in [-0.1, -0.05) is 65.3 Å². The largest absolute Gasteiger partial charge is 0.349 e. The zero-order valence-corrected chi connectivity index (χ0v) is 21.8. The maximum Gasteiger partial charge on any atom is 0.253 e. The lowest BCUT2D eigenvalue weighted by Crippen LogP contribution is -2.53. The molecule has 35 heavy (non-hydrogen) atoms. The third-order valence-electron chi connectivity index (χ3n) is 6.96. The highest BCUT2D eigenvalue weighted by Crippen LogP contribution is 2.40. The van der Waals surface area contributed by atoms with Gasteiger partial charge in [0.25, 0.3) is 17.7 Å². The molecule has 1 fully saturated rings. The van der Waals surface area contributed by atoms with Crippen LogP contribution in [0.4, 0.5) is 0 Å². The molecule has 4 amide bonds. The molecule has 0 saturated heterocycles. The first-order chi connectivity index (χ1) is 16.7. The molecule has 4 unspecified atom stereocenters. The van der Waals surface area contributed by atoms with E-state index in [1.54, 1.807) is 6.08 Å². The number of amides is 4. The van der Waals surface area contributed by atoms with E-state index >= 15 is 0 Å². The Morgan fingerprint density at radius 3 is 2.29 bits per heavy atom. The van der Waals surface area contributed by atoms with Gasteiger partial charge in [-0.2, -0.15) is 0 Å². The Hall–Kier alpha value is -2.96. The Labute approximate surface area is 209 Å². The first kappa shape index (κ1) is 28.3. The van der Waals surface area contributed by atoms with Gasteiger partial charge in [-0.15, -0.1) is 0 Å². The lowest BCUT2D eigenvalue weighted by Gasteiger charge is -2.33. The number of rotatable bonds is 12. The Morgan fingerprint density at radius 1 is 1.09 bits per heavy atom. The molecule has 1 saturated carbocycles. The summed E-state index contributed by atoms with van der Waals surface area (Å²) in [5.74, 6) is -0.650. The molecule has 2 rings (SSSR count). The SMILES string of the molecule is C=C(/C=C\CC)C(=O)NC(C)C/C(=C\CC)C(=O)NC1CC(CC)C(CC)[C@H]1N1C(=O)C=CC1=O. The lowest BCUT2D eigenvalue weighted by molar-refractivity contribution is -0.141. The van der Waals surface area contributed by atoms with Crippen molar-refractivity contribution in [3.8, 4) is 0 Å². The van der Waals surface area contributed by atoms with E-state index in [1.165, 1.54) is 17.1 Å². The van der Waals surface area contributed by atoms with Crippen LogP contribution in [0.15, 0.2) is 48.1 Å². The summed E-state index contributed by atoms with van der Waals surface area (Å²) in [4.78, 5) is 52.1. The fourth-order valence-electron chi connectivity index (χ4n) is 5.29. The quantitative estimate of drug-likeness (QED) is 0.249. The second-order valence-electron chi connectivity index (χ2n) is 9.48. The van der Waals surface area contributed by atoms with E-state index in [9.17, 15) is 19.2 Å². The van der Waals surface area contributed by atoms with Crippen molar-refractivity contribution >= 4 is 23.6 Å². The predicted octanol–water partition coefficient (Wildman–Crippen LogP) is 3.97. The summed E-state index contributed by atoms with van der Waals surface area (Å²) >= 11 is 0. The maximum absolute atomic E-state index is 13.4. The van der Waals surface area contributed by atoms with Crippen molar-refractivity contribution in [3.05, 3.63) is 48.1 Å². The van der Waals surface area contributed by atoms with Gasteiger partial charge in [0.1, 0.15) is 0 Å². The normalized spacial score (nSPS) is 25.4. The molecular weight excluding hydrogens is 442 g/mol. The molecule has 1 aliphatic carbocycles. The van der Waals surface area contributed by atoms with Gasteiger partial charge >= 0.3 is 0 Å². The highest BCUT2D eigenvalue weighted by Gasteiger charge is 2.48. The molecule has 192 valence electrons. The Bertz CT molecular complexity index is 899. The molecule has 0 aromatic rings. The third-order valence-corrected chi connectivity index (χ3v) is 6.96. The molecule has 0 radical (unpaired) electrons. The van der Waals surface area contributed by atoms with Crippen LogP contribution in [0.1, 0.15) is 73.1 Å². The Morgan fingerprint density at radius 2 is 1.74 bits per heavy atom. The smallest absolute Gasteiger partial charge is 0.253 e. The van der Waals surface area contributed by atoms with Gasteiger partial charge in [-0.05, 0) is 44.4 Å². The van der Waals surface area contributed by atoms with Gasteiger partial charge in [0.2, 0.25) is 5.91 Å². The average Bonchev–Trinajstić information content (AvgIpc) is 3.34. The summed E-state index contributed by atoms with van der Waals surface area (Å²) in [5, 5.41) is 6.05. The summed E-state index contributed by atoms with van der Waals surface area (Å²) in [6, 6.07) is -0.943. The zero-order chi connectivity index (χ0) is 26.1. The lowest BCUT2D eigenvalue weighted by atomic mass is 9.88. The van der Waals surface area contributed by atoms with Crippen LogP contribution in [0.3, 0.4) is 0 Å². The molecule has 0 spiro atoms. The van der Waals surface area contributed by atoms with Crippen LogP contribution in [-0.2, 0) is 19.2 Å². The summed E-state index contributed by atoms with van der Waals surface area (Å²) in [6.45, 7) is 13.8. The first-order valence-corrected chi connectivity index (χ1v) is 12.9. The van der Waals surface area contributed by atoms with Crippen LogP contribution < -0.4 is 10.6 Å². The van der Waals surface area contributed by atoms with Crippen molar-refractivity contribution in [2.45, 2.75) is 91.3 Å². The minimum absolute atomic E-state index is 0.136. The highest BCUT2D eigenvalue weighted by molar-refractivity contribution is 6.13. The second-order valence-corrected chi connectivity index (χ2v) is 9.48. The monoisotopic (exact) mass is 483 g/mol. The number of hydrogen-bond donors (Lipinski definition) is 2. The van der Waals surface area contributed by atoms with Gasteiger partial charge < -0.3 is 10.6 Å². The first-order valence-electron chi connectivity index (χ1n) is 12.9. The van der Waals surface area contributed by atoms with Crippen molar-refractivity contribution < 1.29 is 19.2 Å². The van der Waals surface area contributed by atoms with E-state index in [0.29, 0.717) is 29.9 Å². The molecule has 0 bridgehead atoms. The molecule has 2 N–H and O–H groups in total. The summed E-state index contributed by atoms with van der Waals surface area (Å²) in [5.41, 5.74) is 0.960.